The number of nitrogens with zero attached hydrogens (tertiary/aromatic N) is 2. The fraction of sp³-hybridized carbons (Fsp3) is 0.304. The summed E-state index contributed by atoms with van der Waals surface area (Å²) in [4.78, 5) is 25.1. The van der Waals surface area contributed by atoms with E-state index in [1.54, 1.807) is 6.07 Å². The van der Waals surface area contributed by atoms with Crippen LogP contribution in [0.25, 0.3) is 11.3 Å². The molecule has 3 heterocycles. The van der Waals surface area contributed by atoms with Crippen LogP contribution in [0.15, 0.2) is 48.8 Å². The average Bonchev–Trinajstić information content (AvgIpc) is 3.38. The lowest BCUT2D eigenvalue weighted by atomic mass is 9.73. The number of rotatable bonds is 5. The SMILES string of the molecule is O=C1O[C@]2(CC[C@](O)(C(=O)Nc3cc(-c4cccc(OC(F)F)c4)[nH]n3)CC2)c2c[n+]([O-])ccc21. The summed E-state index contributed by atoms with van der Waals surface area (Å²) in [5, 5.41) is 32.0. The molecule has 0 bridgehead atoms. The van der Waals surface area contributed by atoms with Crippen LogP contribution in [-0.2, 0) is 15.1 Å². The Morgan fingerprint density at radius 3 is 2.77 bits per heavy atom. The van der Waals surface area contributed by atoms with Crippen molar-refractivity contribution in [1.82, 2.24) is 10.2 Å². The van der Waals surface area contributed by atoms with Gasteiger partial charge in [0.15, 0.2) is 18.2 Å². The number of ether oxygens (including phenoxy) is 2. The standard InChI is InChI=1S/C23H20F2N4O6/c24-21(25)34-14-3-1-2-13(10-14)17-11-18(28-27-17)26-20(31)22(32)5-7-23(8-6-22)16-12-29(33)9-4-15(16)19(30)35-23/h1-4,9-12,21,32H,5-8H2,(H2,26,27,28,31)/t22-,23+. The molecule has 12 heteroatoms. The number of carbonyl (C=O) groups is 2. The first-order valence-electron chi connectivity index (χ1n) is 10.8. The highest BCUT2D eigenvalue weighted by molar-refractivity contribution is 5.97. The summed E-state index contributed by atoms with van der Waals surface area (Å²) in [6.07, 6.45) is 2.79. The molecule has 2 aromatic heterocycles. The maximum Gasteiger partial charge on any atom is 0.387 e. The lowest BCUT2D eigenvalue weighted by molar-refractivity contribution is -0.606. The zero-order valence-electron chi connectivity index (χ0n) is 18.2. The molecule has 1 aliphatic carbocycles. The van der Waals surface area contributed by atoms with Crippen molar-refractivity contribution >= 4 is 17.7 Å². The van der Waals surface area contributed by atoms with E-state index in [-0.39, 0.29) is 37.3 Å². The Bertz CT molecular complexity index is 1300. The molecule has 1 fully saturated rings. The van der Waals surface area contributed by atoms with Crippen LogP contribution in [0, 0.1) is 5.21 Å². The highest BCUT2D eigenvalue weighted by Gasteiger charge is 2.54. The maximum atomic E-state index is 12.9. The van der Waals surface area contributed by atoms with Gasteiger partial charge in [0.1, 0.15) is 17.0 Å². The van der Waals surface area contributed by atoms with E-state index in [1.165, 1.54) is 42.7 Å². The molecule has 3 aromatic rings. The van der Waals surface area contributed by atoms with Gasteiger partial charge in [-0.05, 0) is 37.8 Å². The van der Waals surface area contributed by atoms with Crippen molar-refractivity contribution in [3.63, 3.8) is 0 Å². The van der Waals surface area contributed by atoms with Crippen LogP contribution < -0.4 is 14.8 Å². The number of aliphatic hydroxyl groups is 1. The van der Waals surface area contributed by atoms with Crippen molar-refractivity contribution in [2.24, 2.45) is 0 Å². The van der Waals surface area contributed by atoms with Crippen molar-refractivity contribution in [3.8, 4) is 17.0 Å². The fourth-order valence-electron chi connectivity index (χ4n) is 4.58. The molecule has 0 unspecified atom stereocenters. The number of esters is 1. The van der Waals surface area contributed by atoms with Crippen LogP contribution in [0.4, 0.5) is 14.6 Å². The van der Waals surface area contributed by atoms with Crippen LogP contribution in [0.2, 0.25) is 0 Å². The van der Waals surface area contributed by atoms with Gasteiger partial charge in [-0.15, -0.1) is 0 Å². The first-order valence-corrected chi connectivity index (χ1v) is 10.8. The largest absolute Gasteiger partial charge is 0.619 e. The minimum atomic E-state index is -2.96. The predicted octanol–water partition coefficient (Wildman–Crippen LogP) is 2.62. The number of halogens is 2. The van der Waals surface area contributed by atoms with Crippen molar-refractivity contribution in [3.05, 3.63) is 65.1 Å². The first kappa shape index (κ1) is 22.7. The molecule has 0 saturated heterocycles. The highest BCUT2D eigenvalue weighted by atomic mass is 19.3. The minimum absolute atomic E-state index is 0.0103. The van der Waals surface area contributed by atoms with Crippen LogP contribution in [-0.4, -0.2) is 39.4 Å². The van der Waals surface area contributed by atoms with Crippen LogP contribution in [0.3, 0.4) is 0 Å². The molecule has 3 N–H and O–H groups in total. The molecule has 1 aliphatic heterocycles. The summed E-state index contributed by atoms with van der Waals surface area (Å²) in [5.41, 5.74) is -1.09. The number of hydrogen-bond donors (Lipinski definition) is 3. The Morgan fingerprint density at radius 1 is 1.26 bits per heavy atom. The minimum Gasteiger partial charge on any atom is -0.619 e. The zero-order valence-corrected chi connectivity index (χ0v) is 18.2. The first-order chi connectivity index (χ1) is 16.7. The van der Waals surface area contributed by atoms with E-state index in [9.17, 15) is 28.7 Å². The maximum absolute atomic E-state index is 12.9. The third kappa shape index (κ3) is 4.16. The summed E-state index contributed by atoms with van der Waals surface area (Å²) in [7, 11) is 0. The fourth-order valence-corrected chi connectivity index (χ4v) is 4.58. The Hall–Kier alpha value is -4.06. The van der Waals surface area contributed by atoms with Crippen molar-refractivity contribution in [2.75, 3.05) is 5.32 Å². The predicted molar refractivity (Wildman–Crippen MR) is 115 cm³/mol. The molecule has 1 saturated carbocycles. The molecule has 2 aliphatic rings. The summed E-state index contributed by atoms with van der Waals surface area (Å²) in [5.74, 6) is -1.12. The van der Waals surface area contributed by atoms with E-state index >= 15 is 0 Å². The number of nitrogens with one attached hydrogen (secondary N) is 2. The van der Waals surface area contributed by atoms with Crippen molar-refractivity contribution < 1.29 is 37.7 Å². The molecule has 182 valence electrons. The topological polar surface area (TPSA) is 140 Å². The Labute approximate surface area is 197 Å². The van der Waals surface area contributed by atoms with E-state index in [0.717, 1.165) is 0 Å². The van der Waals surface area contributed by atoms with E-state index in [1.807, 2.05) is 0 Å². The van der Waals surface area contributed by atoms with Gasteiger partial charge in [0.25, 0.3) is 5.91 Å². The third-order valence-corrected chi connectivity index (χ3v) is 6.43. The molecule has 0 radical (unpaired) electrons. The Balaban J connectivity index is 1.27. The second-order valence-electron chi connectivity index (χ2n) is 8.57. The van der Waals surface area contributed by atoms with E-state index < -0.39 is 29.7 Å². The summed E-state index contributed by atoms with van der Waals surface area (Å²) in [6.45, 7) is -2.96. The Morgan fingerprint density at radius 2 is 2.03 bits per heavy atom. The number of amides is 1. The lowest BCUT2D eigenvalue weighted by Gasteiger charge is -2.39. The number of carbonyl (C=O) groups excluding carboxylic acids is 2. The Kier molecular flexibility index (Phi) is 5.39. The second-order valence-corrected chi connectivity index (χ2v) is 8.57. The van der Waals surface area contributed by atoms with Crippen LogP contribution in [0.1, 0.15) is 41.6 Å². The molecular formula is C23H20F2N4O6. The highest BCUT2D eigenvalue weighted by Crippen LogP contribution is 2.48. The van der Waals surface area contributed by atoms with E-state index in [2.05, 4.69) is 20.3 Å². The third-order valence-electron chi connectivity index (χ3n) is 6.43. The molecule has 1 spiro atoms. The summed E-state index contributed by atoms with van der Waals surface area (Å²) < 4.78 is 35.5. The number of fused-ring (bicyclic) bond motifs is 2. The number of anilines is 1. The average molecular weight is 486 g/mol. The van der Waals surface area contributed by atoms with Gasteiger partial charge in [-0.3, -0.25) is 9.89 Å². The summed E-state index contributed by atoms with van der Waals surface area (Å²) >= 11 is 0. The monoisotopic (exact) mass is 486 g/mol. The van der Waals surface area contributed by atoms with Gasteiger partial charge in [-0.1, -0.05) is 12.1 Å². The van der Waals surface area contributed by atoms with Gasteiger partial charge >= 0.3 is 12.6 Å². The van der Waals surface area contributed by atoms with Crippen LogP contribution in [0.5, 0.6) is 5.75 Å². The number of H-pyrrole nitrogens is 1. The number of aromatic nitrogens is 3. The molecular weight excluding hydrogens is 466 g/mol. The molecule has 1 amide bonds. The number of benzene rings is 1. The number of pyridine rings is 1. The lowest BCUT2D eigenvalue weighted by Crippen LogP contribution is -2.49. The smallest absolute Gasteiger partial charge is 0.387 e. The van der Waals surface area contributed by atoms with Gasteiger partial charge in [-0.2, -0.15) is 18.6 Å². The molecule has 5 rings (SSSR count). The number of aromatic amines is 1. The van der Waals surface area contributed by atoms with Crippen molar-refractivity contribution in [2.45, 2.75) is 43.5 Å². The zero-order chi connectivity index (χ0) is 24.8. The second kappa shape index (κ2) is 8.31. The molecule has 35 heavy (non-hydrogen) atoms. The van der Waals surface area contributed by atoms with Gasteiger partial charge < -0.3 is 25.1 Å². The van der Waals surface area contributed by atoms with E-state index in [4.69, 9.17) is 4.74 Å². The van der Waals surface area contributed by atoms with Gasteiger partial charge in [0.05, 0.1) is 16.8 Å². The number of alkyl halides is 2. The van der Waals surface area contributed by atoms with Crippen LogP contribution >= 0.6 is 0 Å². The quantitative estimate of drug-likeness (QED) is 0.286. The molecule has 1 aromatic carbocycles. The van der Waals surface area contributed by atoms with Gasteiger partial charge in [0, 0.05) is 17.7 Å². The molecule has 10 nitrogen and oxygen atoms in total. The molecule has 0 atom stereocenters. The summed E-state index contributed by atoms with van der Waals surface area (Å²) in [6, 6.07) is 8.86. The van der Waals surface area contributed by atoms with E-state index in [0.29, 0.717) is 27.1 Å². The number of hydrogen-bond acceptors (Lipinski definition) is 7. The van der Waals surface area contributed by atoms with Crippen molar-refractivity contribution in [1.29, 1.82) is 0 Å². The normalized spacial score (nSPS) is 23.3. The van der Waals surface area contributed by atoms with Gasteiger partial charge in [-0.25, -0.2) is 4.79 Å². The van der Waals surface area contributed by atoms with Gasteiger partial charge in [0.2, 0.25) is 0 Å².